The number of fused-ring (bicyclic) bond motifs is 1. The highest BCUT2D eigenvalue weighted by Gasteiger charge is 2.13. The number of nitrogen functional groups attached to an aromatic ring is 1. The summed E-state index contributed by atoms with van der Waals surface area (Å²) in [6.07, 6.45) is 0. The standard InChI is InChI=1S/C14H9F3N4/c15-7-5-9(16)12(17)11(6-7)19-13-8-3-1-2-4-10(8)20-14(18)21-13/h1-6H,(H3,18,19,20,21). The molecule has 0 bridgehead atoms. The Morgan fingerprint density at radius 1 is 1.00 bits per heavy atom. The molecule has 0 saturated heterocycles. The molecule has 4 nitrogen and oxygen atoms in total. The first-order valence-electron chi connectivity index (χ1n) is 5.98. The zero-order valence-electron chi connectivity index (χ0n) is 10.6. The maximum Gasteiger partial charge on any atom is 0.222 e. The van der Waals surface area contributed by atoms with E-state index in [0.29, 0.717) is 17.0 Å². The Morgan fingerprint density at radius 2 is 1.76 bits per heavy atom. The summed E-state index contributed by atoms with van der Waals surface area (Å²) in [5.74, 6) is -3.25. The first-order valence-corrected chi connectivity index (χ1v) is 5.98. The van der Waals surface area contributed by atoms with Crippen LogP contribution in [0, 0.1) is 17.5 Å². The molecule has 2 aromatic carbocycles. The highest BCUT2D eigenvalue weighted by Crippen LogP contribution is 2.27. The molecule has 0 unspecified atom stereocenters. The van der Waals surface area contributed by atoms with Crippen molar-refractivity contribution >= 4 is 28.4 Å². The molecule has 1 heterocycles. The highest BCUT2D eigenvalue weighted by molar-refractivity contribution is 5.91. The first-order chi connectivity index (χ1) is 10.0. The van der Waals surface area contributed by atoms with Crippen molar-refractivity contribution in [3.05, 3.63) is 53.8 Å². The largest absolute Gasteiger partial charge is 0.368 e. The van der Waals surface area contributed by atoms with Crippen LogP contribution in [0.25, 0.3) is 10.9 Å². The molecule has 3 aromatic rings. The van der Waals surface area contributed by atoms with Crippen molar-refractivity contribution in [2.45, 2.75) is 0 Å². The Labute approximate surface area is 117 Å². The zero-order valence-corrected chi connectivity index (χ0v) is 10.6. The second kappa shape index (κ2) is 4.93. The lowest BCUT2D eigenvalue weighted by Gasteiger charge is -2.10. The van der Waals surface area contributed by atoms with E-state index < -0.39 is 17.5 Å². The molecule has 0 aliphatic carbocycles. The minimum Gasteiger partial charge on any atom is -0.368 e. The summed E-state index contributed by atoms with van der Waals surface area (Å²) in [7, 11) is 0. The van der Waals surface area contributed by atoms with E-state index in [0.717, 1.165) is 6.07 Å². The fraction of sp³-hybridized carbons (Fsp3) is 0. The molecule has 0 radical (unpaired) electrons. The number of hydrogen-bond donors (Lipinski definition) is 2. The summed E-state index contributed by atoms with van der Waals surface area (Å²) < 4.78 is 40.1. The molecule has 3 rings (SSSR count). The fourth-order valence-corrected chi connectivity index (χ4v) is 1.96. The van der Waals surface area contributed by atoms with Crippen LogP contribution in [-0.2, 0) is 0 Å². The molecule has 0 amide bonds. The molecule has 0 atom stereocenters. The van der Waals surface area contributed by atoms with E-state index in [1.807, 2.05) is 0 Å². The van der Waals surface area contributed by atoms with Crippen molar-refractivity contribution in [3.63, 3.8) is 0 Å². The van der Waals surface area contributed by atoms with Crippen LogP contribution in [0.1, 0.15) is 0 Å². The van der Waals surface area contributed by atoms with E-state index in [1.165, 1.54) is 0 Å². The summed E-state index contributed by atoms with van der Waals surface area (Å²) >= 11 is 0. The lowest BCUT2D eigenvalue weighted by atomic mass is 10.2. The Balaban J connectivity index is 2.14. The molecule has 0 spiro atoms. The van der Waals surface area contributed by atoms with Crippen LogP contribution in [0.2, 0.25) is 0 Å². The molecule has 0 aliphatic rings. The van der Waals surface area contributed by atoms with E-state index in [1.54, 1.807) is 24.3 Å². The van der Waals surface area contributed by atoms with E-state index in [4.69, 9.17) is 5.73 Å². The smallest absolute Gasteiger partial charge is 0.222 e. The van der Waals surface area contributed by atoms with Gasteiger partial charge in [-0.2, -0.15) is 4.98 Å². The highest BCUT2D eigenvalue weighted by atomic mass is 19.2. The predicted octanol–water partition coefficient (Wildman–Crippen LogP) is 3.37. The number of para-hydroxylation sites is 1. The van der Waals surface area contributed by atoms with Gasteiger partial charge in [0.05, 0.1) is 11.2 Å². The Hall–Kier alpha value is -2.83. The van der Waals surface area contributed by atoms with Gasteiger partial charge in [-0.15, -0.1) is 0 Å². The second-order valence-electron chi connectivity index (χ2n) is 4.32. The van der Waals surface area contributed by atoms with Gasteiger partial charge in [-0.25, -0.2) is 18.2 Å². The molecular weight excluding hydrogens is 281 g/mol. The minimum absolute atomic E-state index is 0.0338. The average molecular weight is 290 g/mol. The van der Waals surface area contributed by atoms with Gasteiger partial charge in [0.25, 0.3) is 0 Å². The van der Waals surface area contributed by atoms with Gasteiger partial charge < -0.3 is 11.1 Å². The Morgan fingerprint density at radius 3 is 2.57 bits per heavy atom. The van der Waals surface area contributed by atoms with Gasteiger partial charge in [-0.05, 0) is 12.1 Å². The number of halogens is 3. The number of nitrogens with zero attached hydrogens (tertiary/aromatic N) is 2. The Kier molecular flexibility index (Phi) is 3.09. The summed E-state index contributed by atoms with van der Waals surface area (Å²) in [4.78, 5) is 7.96. The Bertz CT molecular complexity index is 836. The third kappa shape index (κ3) is 2.45. The maximum atomic E-state index is 13.7. The molecule has 0 fully saturated rings. The van der Waals surface area contributed by atoms with E-state index in [2.05, 4.69) is 15.3 Å². The number of aromatic nitrogens is 2. The summed E-state index contributed by atoms with van der Waals surface area (Å²) in [6, 6.07) is 8.17. The van der Waals surface area contributed by atoms with Crippen LogP contribution in [0.4, 0.5) is 30.6 Å². The summed E-state index contributed by atoms with van der Waals surface area (Å²) in [6.45, 7) is 0. The van der Waals surface area contributed by atoms with Crippen LogP contribution >= 0.6 is 0 Å². The first kappa shape index (κ1) is 13.2. The molecule has 0 aliphatic heterocycles. The summed E-state index contributed by atoms with van der Waals surface area (Å²) in [5.41, 5.74) is 5.74. The van der Waals surface area contributed by atoms with Gasteiger partial charge in [0.1, 0.15) is 11.6 Å². The SMILES string of the molecule is Nc1nc(Nc2cc(F)cc(F)c2F)c2ccccc2n1. The van der Waals surface area contributed by atoms with Gasteiger partial charge in [0.2, 0.25) is 5.95 Å². The van der Waals surface area contributed by atoms with Crippen LogP contribution in [0.15, 0.2) is 36.4 Å². The molecule has 21 heavy (non-hydrogen) atoms. The van der Waals surface area contributed by atoms with Crippen molar-refractivity contribution in [1.82, 2.24) is 9.97 Å². The number of nitrogens with one attached hydrogen (secondary N) is 1. The number of anilines is 3. The fourth-order valence-electron chi connectivity index (χ4n) is 1.96. The lowest BCUT2D eigenvalue weighted by Crippen LogP contribution is -2.03. The van der Waals surface area contributed by atoms with E-state index >= 15 is 0 Å². The third-order valence-corrected chi connectivity index (χ3v) is 2.87. The molecule has 0 saturated carbocycles. The molecule has 7 heteroatoms. The summed E-state index contributed by atoms with van der Waals surface area (Å²) in [5, 5.41) is 3.10. The quantitative estimate of drug-likeness (QED) is 0.710. The van der Waals surface area contributed by atoms with Crippen LogP contribution in [0.3, 0.4) is 0 Å². The van der Waals surface area contributed by atoms with Crippen LogP contribution in [0.5, 0.6) is 0 Å². The molecule has 106 valence electrons. The molecular formula is C14H9F3N4. The number of nitrogens with two attached hydrogens (primary N) is 1. The van der Waals surface area contributed by atoms with Gasteiger partial charge >= 0.3 is 0 Å². The van der Waals surface area contributed by atoms with Gasteiger partial charge in [0, 0.05) is 17.5 Å². The van der Waals surface area contributed by atoms with E-state index in [-0.39, 0.29) is 17.5 Å². The average Bonchev–Trinajstić information content (AvgIpc) is 2.44. The van der Waals surface area contributed by atoms with Crippen molar-refractivity contribution < 1.29 is 13.2 Å². The van der Waals surface area contributed by atoms with Crippen molar-refractivity contribution in [1.29, 1.82) is 0 Å². The predicted molar refractivity (Wildman–Crippen MR) is 73.5 cm³/mol. The molecule has 3 N–H and O–H groups in total. The van der Waals surface area contributed by atoms with Gasteiger partial charge in [-0.1, -0.05) is 12.1 Å². The van der Waals surface area contributed by atoms with Crippen molar-refractivity contribution in [2.24, 2.45) is 0 Å². The van der Waals surface area contributed by atoms with Gasteiger partial charge in [0.15, 0.2) is 11.6 Å². The normalized spacial score (nSPS) is 10.8. The van der Waals surface area contributed by atoms with Crippen molar-refractivity contribution in [3.8, 4) is 0 Å². The van der Waals surface area contributed by atoms with Crippen molar-refractivity contribution in [2.75, 3.05) is 11.1 Å². The minimum atomic E-state index is -1.29. The van der Waals surface area contributed by atoms with Gasteiger partial charge in [-0.3, -0.25) is 0 Å². The van der Waals surface area contributed by atoms with Crippen LogP contribution < -0.4 is 11.1 Å². The lowest BCUT2D eigenvalue weighted by molar-refractivity contribution is 0.498. The van der Waals surface area contributed by atoms with E-state index in [9.17, 15) is 13.2 Å². The third-order valence-electron chi connectivity index (χ3n) is 2.87. The monoisotopic (exact) mass is 290 g/mol. The topological polar surface area (TPSA) is 63.8 Å². The number of rotatable bonds is 2. The molecule has 1 aromatic heterocycles. The maximum absolute atomic E-state index is 13.7. The zero-order chi connectivity index (χ0) is 15.0. The number of hydrogen-bond acceptors (Lipinski definition) is 4. The number of benzene rings is 2. The van der Waals surface area contributed by atoms with Crippen LogP contribution in [-0.4, -0.2) is 9.97 Å². The second-order valence-corrected chi connectivity index (χ2v) is 4.32.